The van der Waals surface area contributed by atoms with E-state index in [2.05, 4.69) is 34.6 Å². The Morgan fingerprint density at radius 2 is 2.21 bits per heavy atom. The van der Waals surface area contributed by atoms with Gasteiger partial charge in [-0.1, -0.05) is 0 Å². The predicted octanol–water partition coefficient (Wildman–Crippen LogP) is 1.46. The van der Waals surface area contributed by atoms with Crippen molar-refractivity contribution in [2.24, 2.45) is 0 Å². The zero-order valence-corrected chi connectivity index (χ0v) is 10.7. The van der Waals surface area contributed by atoms with Gasteiger partial charge in [0.15, 0.2) is 0 Å². The van der Waals surface area contributed by atoms with Crippen molar-refractivity contribution in [2.75, 3.05) is 26.9 Å². The third kappa shape index (κ3) is 3.93. The molecule has 1 aromatic heterocycles. The lowest BCUT2D eigenvalue weighted by Gasteiger charge is -2.03. The summed E-state index contributed by atoms with van der Waals surface area (Å²) in [4.78, 5) is 0. The van der Waals surface area contributed by atoms with E-state index in [1.807, 2.05) is 10.9 Å². The predicted molar refractivity (Wildman–Crippen MR) is 62.4 cm³/mol. The number of hydrogen-bond acceptors (Lipinski definition) is 3. The van der Waals surface area contributed by atoms with Crippen LogP contribution in [0.25, 0.3) is 0 Å². The Hall–Kier alpha value is -0.140. The molecule has 0 fully saturated rings. The summed E-state index contributed by atoms with van der Waals surface area (Å²) in [6.45, 7) is 4.83. The summed E-state index contributed by atoms with van der Waals surface area (Å²) >= 11 is 2.23. The van der Waals surface area contributed by atoms with Gasteiger partial charge < -0.3 is 9.47 Å². The van der Waals surface area contributed by atoms with Gasteiger partial charge in [-0.2, -0.15) is 5.10 Å². The van der Waals surface area contributed by atoms with E-state index in [0.717, 1.165) is 10.2 Å². The van der Waals surface area contributed by atoms with Crippen molar-refractivity contribution in [1.82, 2.24) is 9.78 Å². The molecule has 0 amide bonds. The normalized spacial score (nSPS) is 10.8. The summed E-state index contributed by atoms with van der Waals surface area (Å²) in [6, 6.07) is 0. The molecule has 0 atom stereocenters. The zero-order valence-electron chi connectivity index (χ0n) is 8.49. The molecule has 1 aromatic rings. The summed E-state index contributed by atoms with van der Waals surface area (Å²) < 4.78 is 13.2. The maximum Gasteiger partial charge on any atom is 0.126 e. The van der Waals surface area contributed by atoms with E-state index in [-0.39, 0.29) is 0 Å². The van der Waals surface area contributed by atoms with Gasteiger partial charge in [0.1, 0.15) is 3.70 Å². The molecule has 0 spiro atoms. The van der Waals surface area contributed by atoms with Gasteiger partial charge in [-0.3, -0.25) is 4.68 Å². The van der Waals surface area contributed by atoms with Crippen LogP contribution in [0, 0.1) is 10.6 Å². The van der Waals surface area contributed by atoms with Crippen LogP contribution in [0.2, 0.25) is 0 Å². The van der Waals surface area contributed by atoms with E-state index in [9.17, 15) is 0 Å². The highest BCUT2D eigenvalue weighted by atomic mass is 127. The molecule has 0 aromatic carbocycles. The quantitative estimate of drug-likeness (QED) is 0.589. The number of methoxy groups -OCH3 is 1. The third-order valence-electron chi connectivity index (χ3n) is 1.78. The number of aromatic nitrogens is 2. The average molecular weight is 310 g/mol. The van der Waals surface area contributed by atoms with Gasteiger partial charge in [0.05, 0.1) is 26.4 Å². The van der Waals surface area contributed by atoms with Crippen LogP contribution in [0.3, 0.4) is 0 Å². The monoisotopic (exact) mass is 310 g/mol. The Morgan fingerprint density at radius 1 is 1.43 bits per heavy atom. The molecule has 0 N–H and O–H groups in total. The van der Waals surface area contributed by atoms with Crippen LogP contribution in [-0.4, -0.2) is 36.7 Å². The molecule has 0 radical (unpaired) electrons. The van der Waals surface area contributed by atoms with Gasteiger partial charge in [-0.15, -0.1) is 0 Å². The standard InChI is InChI=1S/C9H15IN2O2/c1-8-7-12(11-9(8)10)3-4-14-6-5-13-2/h7H,3-6H2,1-2H3. The van der Waals surface area contributed by atoms with Crippen LogP contribution >= 0.6 is 22.6 Å². The lowest BCUT2D eigenvalue weighted by Crippen LogP contribution is -2.09. The Bertz CT molecular complexity index is 256. The van der Waals surface area contributed by atoms with Crippen molar-refractivity contribution < 1.29 is 9.47 Å². The first-order chi connectivity index (χ1) is 6.74. The van der Waals surface area contributed by atoms with Crippen molar-refractivity contribution in [3.8, 4) is 0 Å². The van der Waals surface area contributed by atoms with Gasteiger partial charge >= 0.3 is 0 Å². The Labute approximate surface area is 97.7 Å². The summed E-state index contributed by atoms with van der Waals surface area (Å²) in [5.74, 6) is 0. The molecule has 0 unspecified atom stereocenters. The third-order valence-corrected chi connectivity index (χ3v) is 2.85. The molecular formula is C9H15IN2O2. The van der Waals surface area contributed by atoms with E-state index >= 15 is 0 Å². The lowest BCUT2D eigenvalue weighted by atomic mass is 10.4. The summed E-state index contributed by atoms with van der Waals surface area (Å²) in [5.41, 5.74) is 1.21. The van der Waals surface area contributed by atoms with Gasteiger partial charge in [-0.25, -0.2) is 0 Å². The minimum absolute atomic E-state index is 0.647. The Balaban J connectivity index is 2.18. The molecule has 4 nitrogen and oxygen atoms in total. The molecular weight excluding hydrogens is 295 g/mol. The van der Waals surface area contributed by atoms with Crippen molar-refractivity contribution in [1.29, 1.82) is 0 Å². The van der Waals surface area contributed by atoms with Gasteiger partial charge in [0.25, 0.3) is 0 Å². The SMILES string of the molecule is COCCOCCn1cc(C)c(I)n1. The first-order valence-corrected chi connectivity index (χ1v) is 5.58. The zero-order chi connectivity index (χ0) is 10.4. The second kappa shape index (κ2) is 6.36. The topological polar surface area (TPSA) is 36.3 Å². The second-order valence-electron chi connectivity index (χ2n) is 2.97. The fourth-order valence-corrected chi connectivity index (χ4v) is 1.43. The van der Waals surface area contributed by atoms with Crippen molar-refractivity contribution in [2.45, 2.75) is 13.5 Å². The fraction of sp³-hybridized carbons (Fsp3) is 0.667. The van der Waals surface area contributed by atoms with Crippen LogP contribution in [0.15, 0.2) is 6.20 Å². The first kappa shape index (κ1) is 11.9. The van der Waals surface area contributed by atoms with Crippen molar-refractivity contribution in [3.63, 3.8) is 0 Å². The summed E-state index contributed by atoms with van der Waals surface area (Å²) in [7, 11) is 1.67. The maximum atomic E-state index is 5.34. The van der Waals surface area contributed by atoms with Crippen LogP contribution in [0.4, 0.5) is 0 Å². The highest BCUT2D eigenvalue weighted by Crippen LogP contribution is 2.07. The van der Waals surface area contributed by atoms with Gasteiger partial charge in [0.2, 0.25) is 0 Å². The van der Waals surface area contributed by atoms with Gasteiger partial charge in [-0.05, 0) is 29.5 Å². The van der Waals surface area contributed by atoms with Crippen LogP contribution in [0.1, 0.15) is 5.56 Å². The minimum atomic E-state index is 0.647. The molecule has 0 saturated carbocycles. The van der Waals surface area contributed by atoms with Crippen LogP contribution < -0.4 is 0 Å². The van der Waals surface area contributed by atoms with Crippen LogP contribution in [0.5, 0.6) is 0 Å². The highest BCUT2D eigenvalue weighted by molar-refractivity contribution is 14.1. The summed E-state index contributed by atoms with van der Waals surface area (Å²) in [6.07, 6.45) is 2.03. The van der Waals surface area contributed by atoms with E-state index in [4.69, 9.17) is 9.47 Å². The number of ether oxygens (including phenoxy) is 2. The van der Waals surface area contributed by atoms with E-state index in [0.29, 0.717) is 19.8 Å². The fourth-order valence-electron chi connectivity index (χ4n) is 1.01. The van der Waals surface area contributed by atoms with E-state index in [1.165, 1.54) is 5.56 Å². The molecule has 0 bridgehead atoms. The molecule has 80 valence electrons. The highest BCUT2D eigenvalue weighted by Gasteiger charge is 2.00. The molecule has 0 saturated heterocycles. The summed E-state index contributed by atoms with van der Waals surface area (Å²) in [5, 5.41) is 4.32. The largest absolute Gasteiger partial charge is 0.382 e. The van der Waals surface area contributed by atoms with Gasteiger partial charge in [0, 0.05) is 18.9 Å². The molecule has 1 rings (SSSR count). The smallest absolute Gasteiger partial charge is 0.126 e. The van der Waals surface area contributed by atoms with Crippen molar-refractivity contribution in [3.05, 3.63) is 15.5 Å². The number of halogens is 1. The molecule has 5 heteroatoms. The van der Waals surface area contributed by atoms with E-state index in [1.54, 1.807) is 7.11 Å². The maximum absolute atomic E-state index is 5.34. The molecule has 14 heavy (non-hydrogen) atoms. The molecule has 0 aliphatic heterocycles. The minimum Gasteiger partial charge on any atom is -0.382 e. The van der Waals surface area contributed by atoms with Crippen LogP contribution in [-0.2, 0) is 16.0 Å². The number of rotatable bonds is 6. The Morgan fingerprint density at radius 3 is 2.79 bits per heavy atom. The Kier molecular flexibility index (Phi) is 5.42. The molecule has 1 heterocycles. The number of hydrogen-bond donors (Lipinski definition) is 0. The number of nitrogens with zero attached hydrogens (tertiary/aromatic N) is 2. The lowest BCUT2D eigenvalue weighted by molar-refractivity contribution is 0.0654. The van der Waals surface area contributed by atoms with Crippen molar-refractivity contribution >= 4 is 22.6 Å². The molecule has 0 aliphatic rings. The second-order valence-corrected chi connectivity index (χ2v) is 3.99. The van der Waals surface area contributed by atoms with E-state index < -0.39 is 0 Å². The first-order valence-electron chi connectivity index (χ1n) is 4.50. The number of aryl methyl sites for hydroxylation is 1. The molecule has 0 aliphatic carbocycles. The average Bonchev–Trinajstić information content (AvgIpc) is 2.46.